The Morgan fingerprint density at radius 3 is 2.65 bits per heavy atom. The number of halogens is 3. The number of aromatic nitrogens is 2. The SMILES string of the molecule is Cc1cc(C2CC(C(F)(F)F)NC2=O)ncn1. The van der Waals surface area contributed by atoms with Crippen molar-refractivity contribution < 1.29 is 18.0 Å². The molecular weight excluding hydrogens is 235 g/mol. The Morgan fingerprint density at radius 1 is 1.41 bits per heavy atom. The largest absolute Gasteiger partial charge is 0.408 e. The summed E-state index contributed by atoms with van der Waals surface area (Å²) in [4.78, 5) is 19.2. The lowest BCUT2D eigenvalue weighted by Crippen LogP contribution is -2.38. The first kappa shape index (κ1) is 11.8. The van der Waals surface area contributed by atoms with Gasteiger partial charge >= 0.3 is 6.18 Å². The molecule has 0 aliphatic carbocycles. The Morgan fingerprint density at radius 2 is 2.12 bits per heavy atom. The highest BCUT2D eigenvalue weighted by Gasteiger charge is 2.48. The molecule has 0 bridgehead atoms. The highest BCUT2D eigenvalue weighted by atomic mass is 19.4. The van der Waals surface area contributed by atoms with E-state index in [1.807, 2.05) is 5.32 Å². The van der Waals surface area contributed by atoms with E-state index < -0.39 is 24.0 Å². The van der Waals surface area contributed by atoms with Gasteiger partial charge in [0.05, 0.1) is 11.6 Å². The molecule has 0 saturated carbocycles. The summed E-state index contributed by atoms with van der Waals surface area (Å²) in [7, 11) is 0. The fourth-order valence-electron chi connectivity index (χ4n) is 1.81. The van der Waals surface area contributed by atoms with Crippen LogP contribution < -0.4 is 5.32 Å². The average Bonchev–Trinajstić information content (AvgIpc) is 2.60. The van der Waals surface area contributed by atoms with E-state index in [-0.39, 0.29) is 6.42 Å². The molecule has 0 spiro atoms. The first-order valence-electron chi connectivity index (χ1n) is 5.03. The second-order valence-corrected chi connectivity index (χ2v) is 3.98. The van der Waals surface area contributed by atoms with Gasteiger partial charge in [-0.1, -0.05) is 0 Å². The van der Waals surface area contributed by atoms with Gasteiger partial charge in [0, 0.05) is 5.69 Å². The maximum absolute atomic E-state index is 12.5. The van der Waals surface area contributed by atoms with Gasteiger partial charge in [-0.15, -0.1) is 0 Å². The molecule has 2 unspecified atom stereocenters. The first-order valence-corrected chi connectivity index (χ1v) is 5.03. The van der Waals surface area contributed by atoms with E-state index in [4.69, 9.17) is 0 Å². The average molecular weight is 245 g/mol. The number of hydrogen-bond acceptors (Lipinski definition) is 3. The molecule has 1 fully saturated rings. The molecule has 2 atom stereocenters. The highest BCUT2D eigenvalue weighted by molar-refractivity contribution is 5.85. The number of amides is 1. The Kier molecular flexibility index (Phi) is 2.76. The van der Waals surface area contributed by atoms with E-state index in [9.17, 15) is 18.0 Å². The molecular formula is C10H10F3N3O. The van der Waals surface area contributed by atoms with Gasteiger partial charge in [-0.2, -0.15) is 13.2 Å². The summed E-state index contributed by atoms with van der Waals surface area (Å²) < 4.78 is 37.4. The first-order chi connectivity index (χ1) is 7.88. The third-order valence-corrected chi connectivity index (χ3v) is 2.68. The molecule has 4 nitrogen and oxygen atoms in total. The minimum Gasteiger partial charge on any atom is -0.344 e. The zero-order valence-corrected chi connectivity index (χ0v) is 8.95. The molecule has 0 radical (unpaired) electrons. The van der Waals surface area contributed by atoms with E-state index >= 15 is 0 Å². The van der Waals surface area contributed by atoms with Crippen LogP contribution in [0.2, 0.25) is 0 Å². The number of nitrogens with zero attached hydrogens (tertiary/aromatic N) is 2. The third kappa shape index (κ3) is 2.37. The van der Waals surface area contributed by atoms with Crippen LogP contribution in [0.5, 0.6) is 0 Å². The number of rotatable bonds is 1. The molecule has 0 aromatic carbocycles. The second kappa shape index (κ2) is 3.97. The van der Waals surface area contributed by atoms with Crippen LogP contribution in [-0.4, -0.2) is 28.1 Å². The van der Waals surface area contributed by atoms with Crippen LogP contribution in [0.15, 0.2) is 12.4 Å². The van der Waals surface area contributed by atoms with Gasteiger partial charge in [-0.3, -0.25) is 4.79 Å². The minimum atomic E-state index is -4.41. The number of carbonyl (C=O) groups is 1. The zero-order valence-electron chi connectivity index (χ0n) is 8.95. The van der Waals surface area contributed by atoms with Crippen LogP contribution in [0.3, 0.4) is 0 Å². The minimum absolute atomic E-state index is 0.307. The van der Waals surface area contributed by atoms with Gasteiger partial charge in [-0.25, -0.2) is 9.97 Å². The third-order valence-electron chi connectivity index (χ3n) is 2.68. The summed E-state index contributed by atoms with van der Waals surface area (Å²) >= 11 is 0. The van der Waals surface area contributed by atoms with Gasteiger partial charge in [0.2, 0.25) is 5.91 Å². The van der Waals surface area contributed by atoms with Crippen molar-refractivity contribution in [3.63, 3.8) is 0 Å². The highest BCUT2D eigenvalue weighted by Crippen LogP contribution is 2.33. The second-order valence-electron chi connectivity index (χ2n) is 3.98. The van der Waals surface area contributed by atoms with Crippen LogP contribution in [0.25, 0.3) is 0 Å². The summed E-state index contributed by atoms with van der Waals surface area (Å²) in [5, 5.41) is 1.94. The number of nitrogens with one attached hydrogen (secondary N) is 1. The van der Waals surface area contributed by atoms with Gasteiger partial charge in [-0.05, 0) is 19.4 Å². The molecule has 1 aliphatic rings. The lowest BCUT2D eigenvalue weighted by atomic mass is 10.0. The van der Waals surface area contributed by atoms with Crippen LogP contribution in [0.1, 0.15) is 23.7 Å². The summed E-state index contributed by atoms with van der Waals surface area (Å²) in [6.07, 6.45) is -3.47. The van der Waals surface area contributed by atoms with E-state index in [1.165, 1.54) is 12.4 Å². The number of carbonyl (C=O) groups excluding carboxylic acids is 1. The van der Waals surface area contributed by atoms with Crippen LogP contribution in [0, 0.1) is 6.92 Å². The van der Waals surface area contributed by atoms with Crippen molar-refractivity contribution in [1.82, 2.24) is 15.3 Å². The monoisotopic (exact) mass is 245 g/mol. The quantitative estimate of drug-likeness (QED) is 0.811. The zero-order chi connectivity index (χ0) is 12.6. The molecule has 1 N–H and O–H groups in total. The maximum Gasteiger partial charge on any atom is 0.408 e. The number of hydrogen-bond donors (Lipinski definition) is 1. The standard InChI is InChI=1S/C10H10F3N3O/c1-5-2-7(15-4-14-5)6-3-8(10(11,12)13)16-9(6)17/h2,4,6,8H,3H2,1H3,(H,16,17). The molecule has 2 rings (SSSR count). The lowest BCUT2D eigenvalue weighted by molar-refractivity contribution is -0.154. The number of aryl methyl sites for hydroxylation is 1. The van der Waals surface area contributed by atoms with E-state index in [0.717, 1.165) is 0 Å². The summed E-state index contributed by atoms with van der Waals surface area (Å²) in [5.41, 5.74) is 0.958. The fraction of sp³-hybridized carbons (Fsp3) is 0.500. The molecule has 1 aromatic heterocycles. The van der Waals surface area contributed by atoms with E-state index in [0.29, 0.717) is 11.4 Å². The lowest BCUT2D eigenvalue weighted by Gasteiger charge is -2.13. The molecule has 1 aromatic rings. The maximum atomic E-state index is 12.5. The van der Waals surface area contributed by atoms with E-state index in [2.05, 4.69) is 9.97 Å². The molecule has 92 valence electrons. The fourth-order valence-corrected chi connectivity index (χ4v) is 1.81. The Balaban J connectivity index is 2.22. The topological polar surface area (TPSA) is 54.9 Å². The molecule has 2 heterocycles. The summed E-state index contributed by atoms with van der Waals surface area (Å²) in [6.45, 7) is 1.69. The van der Waals surface area contributed by atoms with Crippen LogP contribution in [-0.2, 0) is 4.79 Å². The number of alkyl halides is 3. The Hall–Kier alpha value is -1.66. The van der Waals surface area contributed by atoms with E-state index in [1.54, 1.807) is 6.92 Å². The van der Waals surface area contributed by atoms with Crippen molar-refractivity contribution in [3.05, 3.63) is 23.8 Å². The summed E-state index contributed by atoms with van der Waals surface area (Å²) in [5.74, 6) is -1.48. The van der Waals surface area contributed by atoms with Gasteiger partial charge in [0.25, 0.3) is 0 Å². The van der Waals surface area contributed by atoms with Gasteiger partial charge in [0.15, 0.2) is 0 Å². The smallest absolute Gasteiger partial charge is 0.344 e. The molecule has 1 amide bonds. The van der Waals surface area contributed by atoms with Crippen molar-refractivity contribution >= 4 is 5.91 Å². The van der Waals surface area contributed by atoms with Gasteiger partial charge in [0.1, 0.15) is 12.4 Å². The van der Waals surface area contributed by atoms with Crippen molar-refractivity contribution in [2.24, 2.45) is 0 Å². The Labute approximate surface area is 95.3 Å². The Bertz CT molecular complexity index is 447. The summed E-state index contributed by atoms with van der Waals surface area (Å²) in [6, 6.07) is -0.251. The normalized spacial score (nSPS) is 24.8. The molecule has 17 heavy (non-hydrogen) atoms. The van der Waals surface area contributed by atoms with Gasteiger partial charge < -0.3 is 5.32 Å². The van der Waals surface area contributed by atoms with Crippen molar-refractivity contribution in [2.45, 2.75) is 31.5 Å². The van der Waals surface area contributed by atoms with Crippen LogP contribution in [0.4, 0.5) is 13.2 Å². The molecule has 7 heteroatoms. The van der Waals surface area contributed by atoms with Crippen molar-refractivity contribution in [2.75, 3.05) is 0 Å². The molecule has 1 saturated heterocycles. The molecule has 1 aliphatic heterocycles. The van der Waals surface area contributed by atoms with Crippen molar-refractivity contribution in [1.29, 1.82) is 0 Å². The van der Waals surface area contributed by atoms with Crippen molar-refractivity contribution in [3.8, 4) is 0 Å². The predicted octanol–water partition coefficient (Wildman–Crippen LogP) is 1.32. The predicted molar refractivity (Wildman–Crippen MR) is 52.1 cm³/mol. The van der Waals surface area contributed by atoms with Crippen LogP contribution >= 0.6 is 0 Å².